The summed E-state index contributed by atoms with van der Waals surface area (Å²) >= 11 is 0. The molecular formula is C5H10B7N2O. The van der Waals surface area contributed by atoms with Gasteiger partial charge in [0.05, 0.1) is 6.04 Å². The van der Waals surface area contributed by atoms with Crippen LogP contribution in [-0.2, 0) is 4.79 Å². The quantitative estimate of drug-likeness (QED) is 0.454. The summed E-state index contributed by atoms with van der Waals surface area (Å²) in [6.45, 7) is 0.938. The van der Waals surface area contributed by atoms with Crippen molar-refractivity contribution >= 4 is 56.7 Å². The number of hydrogen-bond acceptors (Lipinski definition) is 2. The minimum atomic E-state index is -0.537. The van der Waals surface area contributed by atoms with E-state index in [2.05, 4.69) is 5.32 Å². The number of nitrogens with two attached hydrogens (primary N) is 1. The van der Waals surface area contributed by atoms with Gasteiger partial charge in [-0.25, -0.2) is 0 Å². The summed E-state index contributed by atoms with van der Waals surface area (Å²) < 4.78 is 0. The van der Waals surface area contributed by atoms with Gasteiger partial charge in [0, 0.05) is 50.8 Å². The number of carbonyl (C=O) groups is 1. The maximum absolute atomic E-state index is 10.4. The van der Waals surface area contributed by atoms with Crippen molar-refractivity contribution in [1.82, 2.24) is 5.32 Å². The van der Waals surface area contributed by atoms with Gasteiger partial charge in [-0.15, -0.1) is 0 Å². The SMILES string of the molecule is NC(=O)C1CCCN1.[B][B]B([B])B([B])[B]. The molecule has 1 aliphatic rings. The Balaban J connectivity index is 0.000000265. The first kappa shape index (κ1) is 14.9. The lowest BCUT2D eigenvalue weighted by Crippen LogP contribution is -2.43. The summed E-state index contributed by atoms with van der Waals surface area (Å²) in [6.07, 6.45) is 1.06. The number of primary amides is 1. The van der Waals surface area contributed by atoms with E-state index in [4.69, 9.17) is 36.7 Å². The molecule has 0 aromatic rings. The Morgan fingerprint density at radius 1 is 1.47 bits per heavy atom. The first-order valence-corrected chi connectivity index (χ1v) is 4.83. The first-order valence-electron chi connectivity index (χ1n) is 4.83. The molecule has 3 N–H and O–H groups in total. The molecule has 1 heterocycles. The van der Waals surface area contributed by atoms with Gasteiger partial charge in [-0.1, -0.05) is 0 Å². The molecule has 67 valence electrons. The zero-order valence-corrected chi connectivity index (χ0v) is 8.73. The average Bonchev–Trinajstić information content (AvgIpc) is 2.70. The van der Waals surface area contributed by atoms with E-state index in [9.17, 15) is 4.79 Å². The summed E-state index contributed by atoms with van der Waals surface area (Å²) in [7, 11) is 21.6. The van der Waals surface area contributed by atoms with E-state index in [0.717, 1.165) is 19.4 Å². The molecule has 9 radical (unpaired) electrons. The second-order valence-electron chi connectivity index (χ2n) is 3.40. The number of hydrogen-bond donors (Lipinski definition) is 2. The van der Waals surface area contributed by atoms with Gasteiger partial charge in [-0.05, 0) is 19.4 Å². The minimum absolute atomic E-state index is 0.0463. The second-order valence-corrected chi connectivity index (χ2v) is 3.40. The molecule has 0 bridgehead atoms. The van der Waals surface area contributed by atoms with Crippen LogP contribution in [0.3, 0.4) is 0 Å². The topological polar surface area (TPSA) is 55.1 Å². The van der Waals surface area contributed by atoms with Crippen LogP contribution in [0.25, 0.3) is 0 Å². The molecule has 15 heavy (non-hydrogen) atoms. The predicted octanol–water partition coefficient (Wildman–Crippen LogP) is -3.44. The van der Waals surface area contributed by atoms with Gasteiger partial charge >= 0.3 is 0 Å². The first-order chi connectivity index (χ1) is 6.99. The maximum Gasteiger partial charge on any atom is 0.234 e. The van der Waals surface area contributed by atoms with Crippen molar-refractivity contribution in [3.8, 4) is 0 Å². The van der Waals surface area contributed by atoms with Gasteiger partial charge < -0.3 is 11.1 Å². The molecule has 0 aromatic heterocycles. The third-order valence-electron chi connectivity index (χ3n) is 2.07. The molecule has 0 aromatic carbocycles. The van der Waals surface area contributed by atoms with Crippen LogP contribution in [-0.4, -0.2) is 69.3 Å². The molecule has 1 atom stereocenters. The van der Waals surface area contributed by atoms with Crippen molar-refractivity contribution < 1.29 is 4.79 Å². The standard InChI is InChI=1S/C5H10N2O.B7/c6-5(8)4-2-1-3-7-4;1-5-7(4)6(2)3/h4,7H,1-3H2,(H2,6,8);. The Kier molecular flexibility index (Phi) is 8.02. The van der Waals surface area contributed by atoms with Crippen LogP contribution in [0.15, 0.2) is 0 Å². The third-order valence-corrected chi connectivity index (χ3v) is 2.07. The minimum Gasteiger partial charge on any atom is -0.368 e. The van der Waals surface area contributed by atoms with E-state index >= 15 is 0 Å². The fraction of sp³-hybridized carbons (Fsp3) is 0.800. The van der Waals surface area contributed by atoms with E-state index in [1.54, 1.807) is 0 Å². The highest BCUT2D eigenvalue weighted by molar-refractivity contribution is 7.81. The van der Waals surface area contributed by atoms with Crippen LogP contribution in [0, 0.1) is 0 Å². The van der Waals surface area contributed by atoms with E-state index < -0.39 is 6.39 Å². The fourth-order valence-corrected chi connectivity index (χ4v) is 1.06. The highest BCUT2D eigenvalue weighted by Crippen LogP contribution is 2.02. The van der Waals surface area contributed by atoms with Crippen LogP contribution in [0.1, 0.15) is 12.8 Å². The van der Waals surface area contributed by atoms with Crippen LogP contribution in [0.4, 0.5) is 0 Å². The number of carbonyl (C=O) groups excluding carboxylic acids is 1. The van der Waals surface area contributed by atoms with Gasteiger partial charge in [0.15, 0.2) is 0 Å². The van der Waals surface area contributed by atoms with Crippen molar-refractivity contribution in [1.29, 1.82) is 0 Å². The summed E-state index contributed by atoms with van der Waals surface area (Å²) in [5.74, 6) is -0.220. The third kappa shape index (κ3) is 6.88. The molecular weight excluding hydrogens is 180 g/mol. The number of rotatable bonds is 3. The van der Waals surface area contributed by atoms with Gasteiger partial charge in [0.25, 0.3) is 0 Å². The number of nitrogens with one attached hydrogen (secondary N) is 1. The van der Waals surface area contributed by atoms with Crippen LogP contribution >= 0.6 is 0 Å². The highest BCUT2D eigenvalue weighted by Gasteiger charge is 2.18. The van der Waals surface area contributed by atoms with E-state index in [-0.39, 0.29) is 18.3 Å². The van der Waals surface area contributed by atoms with Crippen LogP contribution in [0.5, 0.6) is 0 Å². The molecule has 10 heteroatoms. The molecule has 0 aliphatic carbocycles. The predicted molar refractivity (Wildman–Crippen MR) is 70.5 cm³/mol. The Labute approximate surface area is 98.4 Å². The van der Waals surface area contributed by atoms with Crippen molar-refractivity contribution in [2.75, 3.05) is 6.54 Å². The largest absolute Gasteiger partial charge is 0.368 e. The monoisotopic (exact) mass is 191 g/mol. The fourth-order valence-electron chi connectivity index (χ4n) is 1.06. The van der Waals surface area contributed by atoms with Gasteiger partial charge in [-0.2, -0.15) is 0 Å². The van der Waals surface area contributed by atoms with Crippen LogP contribution < -0.4 is 11.1 Å². The molecule has 1 aliphatic heterocycles. The second kappa shape index (κ2) is 8.09. The van der Waals surface area contributed by atoms with Crippen molar-refractivity contribution in [3.05, 3.63) is 0 Å². The Bertz CT molecular complexity index is 186. The Hall–Kier alpha value is -0.115. The molecule has 1 amide bonds. The van der Waals surface area contributed by atoms with E-state index in [1.807, 2.05) is 0 Å². The van der Waals surface area contributed by atoms with E-state index in [1.165, 1.54) is 7.06 Å². The Morgan fingerprint density at radius 3 is 2.20 bits per heavy atom. The Morgan fingerprint density at radius 2 is 2.07 bits per heavy atom. The molecule has 1 rings (SSSR count). The average molecular weight is 190 g/mol. The van der Waals surface area contributed by atoms with E-state index in [0.29, 0.717) is 0 Å². The molecule has 3 nitrogen and oxygen atoms in total. The van der Waals surface area contributed by atoms with Crippen LogP contribution in [0.2, 0.25) is 0 Å². The zero-order chi connectivity index (χ0) is 11.8. The summed E-state index contributed by atoms with van der Waals surface area (Å²) in [6, 6.07) is -0.0463. The van der Waals surface area contributed by atoms with Crippen molar-refractivity contribution in [2.24, 2.45) is 5.73 Å². The summed E-state index contributed by atoms with van der Waals surface area (Å²) in [5, 5.41) is 2.98. The molecule has 1 unspecified atom stereocenters. The summed E-state index contributed by atoms with van der Waals surface area (Å²) in [5.41, 5.74) is 5.00. The zero-order valence-electron chi connectivity index (χ0n) is 8.73. The normalized spacial score (nSPS) is 18.5. The maximum atomic E-state index is 10.4. The molecule has 1 fully saturated rings. The van der Waals surface area contributed by atoms with Gasteiger partial charge in [-0.3, -0.25) is 4.79 Å². The van der Waals surface area contributed by atoms with Gasteiger partial charge in [0.1, 0.15) is 0 Å². The lowest BCUT2D eigenvalue weighted by Gasteiger charge is -2.05. The molecule has 0 spiro atoms. The molecule has 0 saturated carbocycles. The highest BCUT2D eigenvalue weighted by atomic mass is 16.1. The van der Waals surface area contributed by atoms with Crippen molar-refractivity contribution in [3.63, 3.8) is 0 Å². The number of amides is 1. The molecule has 1 saturated heterocycles. The summed E-state index contributed by atoms with van der Waals surface area (Å²) in [4.78, 5) is 10.4. The smallest absolute Gasteiger partial charge is 0.234 e. The lowest BCUT2D eigenvalue weighted by atomic mass is 8.76. The van der Waals surface area contributed by atoms with Gasteiger partial charge in [0.2, 0.25) is 5.91 Å². The van der Waals surface area contributed by atoms with Crippen molar-refractivity contribution in [2.45, 2.75) is 18.9 Å². The lowest BCUT2D eigenvalue weighted by molar-refractivity contribution is -0.119.